The topological polar surface area (TPSA) is 23.6 Å². The summed E-state index contributed by atoms with van der Waals surface area (Å²) in [6.45, 7) is 9.91. The van der Waals surface area contributed by atoms with Crippen molar-refractivity contribution in [3.05, 3.63) is 59.2 Å². The summed E-state index contributed by atoms with van der Waals surface area (Å²) >= 11 is 1.76. The Morgan fingerprint density at radius 1 is 0.962 bits per heavy atom. The fraction of sp³-hybridized carbons (Fsp3) is 0.409. The maximum absolute atomic E-state index is 12.5. The van der Waals surface area contributed by atoms with Gasteiger partial charge in [-0.1, -0.05) is 29.8 Å². The standard InChI is InChI=1S/C22H28N2OS/c1-17-7-9-20(10-8-17)26-16-11-22(25)24-14-12-23(13-15-24)21-6-4-5-18(2)19(21)3/h4-10H,11-16H2,1-3H3. The molecule has 0 unspecified atom stereocenters. The molecule has 2 aromatic carbocycles. The fourth-order valence-electron chi connectivity index (χ4n) is 3.32. The van der Waals surface area contributed by atoms with Gasteiger partial charge >= 0.3 is 0 Å². The van der Waals surface area contributed by atoms with Crippen LogP contribution in [0.3, 0.4) is 0 Å². The Morgan fingerprint density at radius 3 is 2.35 bits per heavy atom. The normalized spacial score (nSPS) is 14.6. The molecule has 1 fully saturated rings. The van der Waals surface area contributed by atoms with Crippen molar-refractivity contribution < 1.29 is 4.79 Å². The average molecular weight is 369 g/mol. The zero-order chi connectivity index (χ0) is 18.5. The van der Waals surface area contributed by atoms with E-state index in [0.29, 0.717) is 6.42 Å². The van der Waals surface area contributed by atoms with Crippen LogP contribution in [-0.4, -0.2) is 42.7 Å². The second-order valence-electron chi connectivity index (χ2n) is 7.00. The van der Waals surface area contributed by atoms with Gasteiger partial charge in [-0.3, -0.25) is 4.79 Å². The predicted octanol–water partition coefficient (Wildman–Crippen LogP) is 4.44. The molecule has 138 valence electrons. The molecule has 0 bridgehead atoms. The lowest BCUT2D eigenvalue weighted by Crippen LogP contribution is -2.49. The van der Waals surface area contributed by atoms with Crippen molar-refractivity contribution in [2.45, 2.75) is 32.1 Å². The van der Waals surface area contributed by atoms with Gasteiger partial charge in [0.2, 0.25) is 5.91 Å². The molecule has 1 amide bonds. The minimum atomic E-state index is 0.283. The number of benzene rings is 2. The minimum Gasteiger partial charge on any atom is -0.368 e. The zero-order valence-corrected chi connectivity index (χ0v) is 16.8. The molecule has 0 atom stereocenters. The number of piperazine rings is 1. The van der Waals surface area contributed by atoms with Crippen molar-refractivity contribution in [3.63, 3.8) is 0 Å². The zero-order valence-electron chi connectivity index (χ0n) is 16.0. The Hall–Kier alpha value is -1.94. The summed E-state index contributed by atoms with van der Waals surface area (Å²) in [7, 11) is 0. The Labute approximate surface area is 161 Å². The van der Waals surface area contributed by atoms with Gasteiger partial charge in [0, 0.05) is 48.9 Å². The number of thioether (sulfide) groups is 1. The van der Waals surface area contributed by atoms with Crippen molar-refractivity contribution in [1.82, 2.24) is 4.90 Å². The third kappa shape index (κ3) is 4.61. The molecule has 0 saturated carbocycles. The van der Waals surface area contributed by atoms with Crippen molar-refractivity contribution in [2.24, 2.45) is 0 Å². The van der Waals surface area contributed by atoms with Crippen LogP contribution in [-0.2, 0) is 4.79 Å². The molecule has 0 spiro atoms. The van der Waals surface area contributed by atoms with Gasteiger partial charge in [0.15, 0.2) is 0 Å². The first-order chi connectivity index (χ1) is 12.5. The summed E-state index contributed by atoms with van der Waals surface area (Å²) in [6, 6.07) is 15.0. The molecule has 1 heterocycles. The van der Waals surface area contributed by atoms with Crippen LogP contribution < -0.4 is 4.90 Å². The molecule has 3 nitrogen and oxygen atoms in total. The van der Waals surface area contributed by atoms with E-state index in [-0.39, 0.29) is 5.91 Å². The molecule has 0 N–H and O–H groups in total. The van der Waals surface area contributed by atoms with Crippen LogP contribution in [0.4, 0.5) is 5.69 Å². The van der Waals surface area contributed by atoms with E-state index in [9.17, 15) is 4.79 Å². The van der Waals surface area contributed by atoms with Gasteiger partial charge in [-0.05, 0) is 50.1 Å². The monoisotopic (exact) mass is 368 g/mol. The second-order valence-corrected chi connectivity index (χ2v) is 8.17. The number of amides is 1. The van der Waals surface area contributed by atoms with Gasteiger partial charge in [0.05, 0.1) is 0 Å². The van der Waals surface area contributed by atoms with Crippen LogP contribution in [0.2, 0.25) is 0 Å². The van der Waals surface area contributed by atoms with Crippen LogP contribution in [0.1, 0.15) is 23.1 Å². The quantitative estimate of drug-likeness (QED) is 0.729. The summed E-state index contributed by atoms with van der Waals surface area (Å²) in [4.78, 5) is 18.2. The highest BCUT2D eigenvalue weighted by Crippen LogP contribution is 2.24. The maximum atomic E-state index is 12.5. The summed E-state index contributed by atoms with van der Waals surface area (Å²) in [5.74, 6) is 1.13. The SMILES string of the molecule is Cc1ccc(SCCC(=O)N2CCN(c3cccc(C)c3C)CC2)cc1. The first kappa shape index (κ1) is 18.8. The molecule has 0 aliphatic carbocycles. The lowest BCUT2D eigenvalue weighted by atomic mass is 10.1. The van der Waals surface area contributed by atoms with E-state index < -0.39 is 0 Å². The van der Waals surface area contributed by atoms with Gasteiger partial charge < -0.3 is 9.80 Å². The van der Waals surface area contributed by atoms with E-state index in [1.165, 1.54) is 27.3 Å². The Balaban J connectivity index is 1.46. The van der Waals surface area contributed by atoms with Gasteiger partial charge in [0.25, 0.3) is 0 Å². The lowest BCUT2D eigenvalue weighted by molar-refractivity contribution is -0.131. The van der Waals surface area contributed by atoms with E-state index in [1.807, 2.05) is 4.90 Å². The number of carbonyl (C=O) groups is 1. The van der Waals surface area contributed by atoms with E-state index in [0.717, 1.165) is 31.9 Å². The average Bonchev–Trinajstić information content (AvgIpc) is 2.66. The predicted molar refractivity (Wildman–Crippen MR) is 111 cm³/mol. The molecule has 1 saturated heterocycles. The Morgan fingerprint density at radius 2 is 1.65 bits per heavy atom. The van der Waals surface area contributed by atoms with E-state index in [1.54, 1.807) is 11.8 Å². The third-order valence-electron chi connectivity index (χ3n) is 5.15. The van der Waals surface area contributed by atoms with Gasteiger partial charge in [0.1, 0.15) is 0 Å². The van der Waals surface area contributed by atoms with Crippen LogP contribution in [0.25, 0.3) is 0 Å². The number of hydrogen-bond donors (Lipinski definition) is 0. The number of aryl methyl sites for hydroxylation is 2. The molecule has 1 aliphatic rings. The van der Waals surface area contributed by atoms with Gasteiger partial charge in [-0.25, -0.2) is 0 Å². The van der Waals surface area contributed by atoms with Crippen molar-refractivity contribution >= 4 is 23.4 Å². The summed E-state index contributed by atoms with van der Waals surface area (Å²) < 4.78 is 0. The molecule has 2 aromatic rings. The summed E-state index contributed by atoms with van der Waals surface area (Å²) in [5.41, 5.74) is 5.26. The van der Waals surface area contributed by atoms with Crippen molar-refractivity contribution in [3.8, 4) is 0 Å². The highest BCUT2D eigenvalue weighted by atomic mass is 32.2. The molecule has 1 aliphatic heterocycles. The van der Waals surface area contributed by atoms with Crippen LogP contribution in [0, 0.1) is 20.8 Å². The van der Waals surface area contributed by atoms with Gasteiger partial charge in [-0.15, -0.1) is 11.8 Å². The lowest BCUT2D eigenvalue weighted by Gasteiger charge is -2.37. The summed E-state index contributed by atoms with van der Waals surface area (Å²) in [5, 5.41) is 0. The molecule has 0 aromatic heterocycles. The van der Waals surface area contributed by atoms with Crippen molar-refractivity contribution in [2.75, 3.05) is 36.8 Å². The largest absolute Gasteiger partial charge is 0.368 e. The molecular formula is C22H28N2OS. The van der Waals surface area contributed by atoms with Crippen molar-refractivity contribution in [1.29, 1.82) is 0 Å². The molecule has 3 rings (SSSR count). The second kappa shape index (κ2) is 8.63. The van der Waals surface area contributed by atoms with E-state index in [4.69, 9.17) is 0 Å². The number of rotatable bonds is 5. The van der Waals surface area contributed by atoms with E-state index in [2.05, 4.69) is 68.1 Å². The van der Waals surface area contributed by atoms with E-state index >= 15 is 0 Å². The third-order valence-corrected chi connectivity index (χ3v) is 6.17. The Bertz CT molecular complexity index is 749. The number of hydrogen-bond acceptors (Lipinski definition) is 3. The van der Waals surface area contributed by atoms with Crippen LogP contribution in [0.5, 0.6) is 0 Å². The molecule has 4 heteroatoms. The smallest absolute Gasteiger partial charge is 0.223 e. The number of anilines is 1. The Kier molecular flexibility index (Phi) is 6.25. The first-order valence-electron chi connectivity index (χ1n) is 9.33. The van der Waals surface area contributed by atoms with Gasteiger partial charge in [-0.2, -0.15) is 0 Å². The summed E-state index contributed by atoms with van der Waals surface area (Å²) in [6.07, 6.45) is 0.613. The molecule has 0 radical (unpaired) electrons. The highest BCUT2D eigenvalue weighted by Gasteiger charge is 2.22. The van der Waals surface area contributed by atoms with Crippen LogP contribution in [0.15, 0.2) is 47.4 Å². The van der Waals surface area contributed by atoms with Crippen LogP contribution >= 0.6 is 11.8 Å². The fourth-order valence-corrected chi connectivity index (χ4v) is 4.16. The highest BCUT2D eigenvalue weighted by molar-refractivity contribution is 7.99. The number of nitrogens with zero attached hydrogens (tertiary/aromatic N) is 2. The molecular weight excluding hydrogens is 340 g/mol. The number of carbonyl (C=O) groups excluding carboxylic acids is 1. The molecule has 26 heavy (non-hydrogen) atoms. The minimum absolute atomic E-state index is 0.283. The maximum Gasteiger partial charge on any atom is 0.223 e. The first-order valence-corrected chi connectivity index (χ1v) is 10.3.